The summed E-state index contributed by atoms with van der Waals surface area (Å²) in [6, 6.07) is 0. The van der Waals surface area contributed by atoms with Gasteiger partial charge in [0.05, 0.1) is 0 Å². The summed E-state index contributed by atoms with van der Waals surface area (Å²) in [4.78, 5) is 0. The highest BCUT2D eigenvalue weighted by molar-refractivity contribution is 4.82. The van der Waals surface area contributed by atoms with Crippen LogP contribution in [0.15, 0.2) is 12.7 Å². The molecule has 0 aromatic carbocycles. The average Bonchev–Trinajstić information content (AvgIpc) is 2.52. The Hall–Kier alpha value is -0.300. The van der Waals surface area contributed by atoms with Gasteiger partial charge < -0.3 is 4.74 Å². The van der Waals surface area contributed by atoms with Crippen LogP contribution in [0, 0.1) is 23.7 Å². The summed E-state index contributed by atoms with van der Waals surface area (Å²) in [7, 11) is 0. The molecule has 0 bridgehead atoms. The van der Waals surface area contributed by atoms with E-state index in [0.29, 0.717) is 0 Å². The van der Waals surface area contributed by atoms with Gasteiger partial charge in [-0.1, -0.05) is 18.9 Å². The van der Waals surface area contributed by atoms with Crippen LogP contribution in [0.3, 0.4) is 0 Å². The van der Waals surface area contributed by atoms with Crippen LogP contribution in [0.2, 0.25) is 0 Å². The maximum absolute atomic E-state index is 5.60. The number of hydrogen-bond donors (Lipinski definition) is 0. The summed E-state index contributed by atoms with van der Waals surface area (Å²) >= 11 is 0. The summed E-state index contributed by atoms with van der Waals surface area (Å²) in [6.45, 7) is 7.85. The highest BCUT2D eigenvalue weighted by Gasteiger charge is 2.30. The fourth-order valence-corrected chi connectivity index (χ4v) is 4.41. The molecule has 0 spiro atoms. The van der Waals surface area contributed by atoms with Crippen LogP contribution in [0.1, 0.15) is 71.1 Å². The number of hydrogen-bond acceptors (Lipinski definition) is 1. The van der Waals surface area contributed by atoms with Crippen LogP contribution >= 0.6 is 0 Å². The molecular formula is C19H34O. The Kier molecular flexibility index (Phi) is 7.13. The quantitative estimate of drug-likeness (QED) is 0.551. The fourth-order valence-electron chi connectivity index (χ4n) is 4.41. The van der Waals surface area contributed by atoms with E-state index in [4.69, 9.17) is 4.74 Å². The van der Waals surface area contributed by atoms with Crippen molar-refractivity contribution >= 4 is 0 Å². The van der Waals surface area contributed by atoms with Crippen LogP contribution < -0.4 is 0 Å². The molecule has 116 valence electrons. The molecule has 0 aliphatic heterocycles. The predicted octanol–water partition coefficient (Wildman–Crippen LogP) is 5.60. The van der Waals surface area contributed by atoms with Gasteiger partial charge in [-0.25, -0.2) is 0 Å². The Labute approximate surface area is 126 Å². The molecule has 0 saturated heterocycles. The second-order valence-electron chi connectivity index (χ2n) is 7.09. The lowest BCUT2D eigenvalue weighted by Gasteiger charge is -2.37. The van der Waals surface area contributed by atoms with Crippen molar-refractivity contribution in [1.82, 2.24) is 0 Å². The van der Waals surface area contributed by atoms with Crippen LogP contribution in [0.4, 0.5) is 0 Å². The molecular weight excluding hydrogens is 244 g/mol. The Bertz CT molecular complexity index is 257. The SMILES string of the molecule is C=CCC[C@H]1CC[C@H]([C@H]2CC[C@H](COCC)CC2)CC1. The van der Waals surface area contributed by atoms with Gasteiger partial charge >= 0.3 is 0 Å². The molecule has 0 aromatic heterocycles. The third-order valence-electron chi connectivity index (χ3n) is 5.79. The van der Waals surface area contributed by atoms with E-state index < -0.39 is 0 Å². The van der Waals surface area contributed by atoms with Crippen molar-refractivity contribution in [2.75, 3.05) is 13.2 Å². The zero-order valence-electron chi connectivity index (χ0n) is 13.5. The first-order valence-corrected chi connectivity index (χ1v) is 9.02. The van der Waals surface area contributed by atoms with E-state index in [1.165, 1.54) is 64.2 Å². The molecule has 1 nitrogen and oxygen atoms in total. The minimum atomic E-state index is 0.857. The van der Waals surface area contributed by atoms with Crippen molar-refractivity contribution in [3.63, 3.8) is 0 Å². The third-order valence-corrected chi connectivity index (χ3v) is 5.79. The molecule has 0 amide bonds. The molecule has 0 radical (unpaired) electrons. The van der Waals surface area contributed by atoms with E-state index in [1.807, 2.05) is 0 Å². The molecule has 0 unspecified atom stereocenters. The van der Waals surface area contributed by atoms with Crippen LogP contribution in [0.25, 0.3) is 0 Å². The fraction of sp³-hybridized carbons (Fsp3) is 0.895. The molecule has 1 heteroatoms. The first-order chi connectivity index (χ1) is 9.83. The van der Waals surface area contributed by atoms with E-state index in [-0.39, 0.29) is 0 Å². The maximum atomic E-state index is 5.60. The molecule has 0 atom stereocenters. The number of ether oxygens (including phenoxy) is 1. The van der Waals surface area contributed by atoms with Gasteiger partial charge in [-0.2, -0.15) is 0 Å². The predicted molar refractivity (Wildman–Crippen MR) is 86.8 cm³/mol. The lowest BCUT2D eigenvalue weighted by Crippen LogP contribution is -2.27. The molecule has 2 rings (SSSR count). The smallest absolute Gasteiger partial charge is 0.0494 e. The van der Waals surface area contributed by atoms with Crippen molar-refractivity contribution in [2.24, 2.45) is 23.7 Å². The zero-order valence-corrected chi connectivity index (χ0v) is 13.5. The van der Waals surface area contributed by atoms with Crippen molar-refractivity contribution < 1.29 is 4.74 Å². The van der Waals surface area contributed by atoms with Gasteiger partial charge in [0.1, 0.15) is 0 Å². The standard InChI is InChI=1S/C19H34O/c1-3-5-6-16-7-11-18(12-8-16)19-13-9-17(10-14-19)15-20-4-2/h3,16-19H,1,4-15H2,2H3/t16-,17-,18-,19-. The molecule has 2 aliphatic rings. The van der Waals surface area contributed by atoms with Gasteiger partial charge in [0.25, 0.3) is 0 Å². The summed E-state index contributed by atoms with van der Waals surface area (Å²) in [5.74, 6) is 3.94. The van der Waals surface area contributed by atoms with Gasteiger partial charge in [0, 0.05) is 13.2 Å². The monoisotopic (exact) mass is 278 g/mol. The van der Waals surface area contributed by atoms with Crippen molar-refractivity contribution in [3.8, 4) is 0 Å². The molecule has 20 heavy (non-hydrogen) atoms. The Morgan fingerprint density at radius 3 is 1.95 bits per heavy atom. The van der Waals surface area contributed by atoms with Crippen molar-refractivity contribution in [2.45, 2.75) is 71.1 Å². The van der Waals surface area contributed by atoms with Crippen LogP contribution in [-0.2, 0) is 4.74 Å². The summed E-state index contributed by atoms with van der Waals surface area (Å²) in [5, 5.41) is 0. The Balaban J connectivity index is 1.64. The van der Waals surface area contributed by atoms with E-state index >= 15 is 0 Å². The van der Waals surface area contributed by atoms with Crippen molar-refractivity contribution in [1.29, 1.82) is 0 Å². The third kappa shape index (κ3) is 4.91. The average molecular weight is 278 g/mol. The largest absolute Gasteiger partial charge is 0.381 e. The van der Waals surface area contributed by atoms with Gasteiger partial charge in [-0.05, 0) is 82.0 Å². The van der Waals surface area contributed by atoms with E-state index in [9.17, 15) is 0 Å². The Morgan fingerprint density at radius 1 is 0.900 bits per heavy atom. The second-order valence-corrected chi connectivity index (χ2v) is 7.09. The first-order valence-electron chi connectivity index (χ1n) is 9.02. The molecule has 2 aliphatic carbocycles. The second kappa shape index (κ2) is 8.87. The maximum Gasteiger partial charge on any atom is 0.0494 e. The first kappa shape index (κ1) is 16.1. The summed E-state index contributed by atoms with van der Waals surface area (Å²) in [5.41, 5.74) is 0. The summed E-state index contributed by atoms with van der Waals surface area (Å²) < 4.78 is 5.60. The number of allylic oxidation sites excluding steroid dienone is 1. The molecule has 2 fully saturated rings. The van der Waals surface area contributed by atoms with Gasteiger partial charge in [0.15, 0.2) is 0 Å². The highest BCUT2D eigenvalue weighted by Crippen LogP contribution is 2.42. The van der Waals surface area contributed by atoms with Crippen LogP contribution in [0.5, 0.6) is 0 Å². The molecule has 0 aromatic rings. The molecule has 0 N–H and O–H groups in total. The topological polar surface area (TPSA) is 9.23 Å². The van der Waals surface area contributed by atoms with Crippen LogP contribution in [-0.4, -0.2) is 13.2 Å². The normalized spacial score (nSPS) is 34.9. The lowest BCUT2D eigenvalue weighted by atomic mass is 9.69. The molecule has 0 heterocycles. The minimum absolute atomic E-state index is 0.857. The van der Waals surface area contributed by atoms with Gasteiger partial charge in [-0.15, -0.1) is 6.58 Å². The van der Waals surface area contributed by atoms with E-state index in [0.717, 1.165) is 36.9 Å². The van der Waals surface area contributed by atoms with Gasteiger partial charge in [0.2, 0.25) is 0 Å². The minimum Gasteiger partial charge on any atom is -0.381 e. The van der Waals surface area contributed by atoms with E-state index in [1.54, 1.807) is 0 Å². The zero-order chi connectivity index (χ0) is 14.2. The molecule has 2 saturated carbocycles. The summed E-state index contributed by atoms with van der Waals surface area (Å²) in [6.07, 6.45) is 16.4. The highest BCUT2D eigenvalue weighted by atomic mass is 16.5. The Morgan fingerprint density at radius 2 is 1.45 bits per heavy atom. The van der Waals surface area contributed by atoms with E-state index in [2.05, 4.69) is 19.6 Å². The van der Waals surface area contributed by atoms with Gasteiger partial charge in [-0.3, -0.25) is 0 Å². The lowest BCUT2D eigenvalue weighted by molar-refractivity contribution is 0.0711. The number of rotatable bonds is 7. The van der Waals surface area contributed by atoms with Crippen molar-refractivity contribution in [3.05, 3.63) is 12.7 Å².